The summed E-state index contributed by atoms with van der Waals surface area (Å²) >= 11 is 0. The lowest BCUT2D eigenvalue weighted by molar-refractivity contribution is -0.382. The predicted molar refractivity (Wildman–Crippen MR) is 226 cm³/mol. The van der Waals surface area contributed by atoms with Crippen molar-refractivity contribution in [3.05, 3.63) is 11.6 Å². The van der Waals surface area contributed by atoms with Gasteiger partial charge in [0.1, 0.15) is 73.4 Å². The molecule has 5 aliphatic carbocycles. The number of aldehydes is 1. The molecule has 0 radical (unpaired) electrons. The summed E-state index contributed by atoms with van der Waals surface area (Å²) < 4.78 is 36.4. The van der Waals surface area contributed by atoms with Crippen LogP contribution in [0.2, 0.25) is 0 Å². The van der Waals surface area contributed by atoms with Crippen molar-refractivity contribution in [2.45, 2.75) is 204 Å². The van der Waals surface area contributed by atoms with Gasteiger partial charge in [-0.2, -0.15) is 0 Å². The Hall–Kier alpha value is -1.27. The quantitative estimate of drug-likeness (QED) is 0.0782. The van der Waals surface area contributed by atoms with Gasteiger partial charge in [0.05, 0.1) is 43.5 Å². The number of aliphatic hydroxyl groups is 11. The van der Waals surface area contributed by atoms with Crippen molar-refractivity contribution in [1.82, 2.24) is 0 Å². The van der Waals surface area contributed by atoms with Crippen molar-refractivity contribution in [2.75, 3.05) is 19.8 Å². The molecule has 372 valence electrons. The molecule has 0 amide bonds. The first-order valence-electron chi connectivity index (χ1n) is 23.8. The lowest BCUT2D eigenvalue weighted by Crippen LogP contribution is -2.69. The SMILES string of the molecule is CC1(C)C[C@@H]2C3=CC[C@@H]4[C@@]5(C)CC[C@H](O[C@@H]6OC[C@H](O[C@@H]7O[C@H](CO)[C@@H](O)[C@H](O)[C@H]7O)[C@H](O)[C@H]6O[C@@H]6O[C@H](CO)[C@@H](O)[C@H](O)[C@H]6O)C(C)(C)[C@@H]5CC[C@@]4(C)[C@]3(C)C[C@@H](O)[C@@]2(C=O)[C@@H](O)C1. The third kappa shape index (κ3) is 7.67. The van der Waals surface area contributed by atoms with Crippen LogP contribution in [0.1, 0.15) is 99.8 Å². The number of carbonyl (C=O) groups excluding carboxylic acids is 1. The van der Waals surface area contributed by atoms with Gasteiger partial charge in [0, 0.05) is 0 Å². The molecule has 11 N–H and O–H groups in total. The molecular formula is C47H76O18. The second-order valence-electron chi connectivity index (χ2n) is 23.1. The molecule has 18 nitrogen and oxygen atoms in total. The van der Waals surface area contributed by atoms with E-state index in [9.17, 15) is 61.0 Å². The Bertz CT molecular complexity index is 1760. The zero-order valence-corrected chi connectivity index (χ0v) is 38.8. The standard InChI is InChI=1S/C47H76O18/c1-42(2)14-22-21-8-9-27-44(5)12-11-30(43(3,4)26(44)10-13-45(27,6)46(21,7)16-29(52)47(22,20-50)28(51)15-42)64-41-38(65-40-37(59)35(57)32(54)24(18-49)62-40)33(55)25(19-60-41)63-39-36(58)34(56)31(53)23(17-48)61-39/h8,20,22-41,48-49,51-59H,9-19H2,1-7H3/t22-,23-,24-,25+,26+,27-,28+,29-,30+,31-,32-,33+,34+,35+,36-,37-,38-,39+,40+,41+,44+,45-,46-,47-/m1/s1. The molecule has 24 atom stereocenters. The van der Waals surface area contributed by atoms with Crippen LogP contribution < -0.4 is 0 Å². The van der Waals surface area contributed by atoms with E-state index in [0.717, 1.165) is 32.0 Å². The molecule has 18 heteroatoms. The fourth-order valence-electron chi connectivity index (χ4n) is 15.0. The number of hydrogen-bond donors (Lipinski definition) is 11. The van der Waals surface area contributed by atoms with Crippen LogP contribution in [-0.4, -0.2) is 187 Å². The third-order valence-corrected chi connectivity index (χ3v) is 18.9. The number of allylic oxidation sites excluding steroid dienone is 2. The van der Waals surface area contributed by atoms with E-state index in [4.69, 9.17) is 28.4 Å². The molecule has 0 bridgehead atoms. The van der Waals surface area contributed by atoms with E-state index < -0.39 is 134 Å². The van der Waals surface area contributed by atoms with Crippen LogP contribution in [0.5, 0.6) is 0 Å². The molecule has 0 aromatic carbocycles. The van der Waals surface area contributed by atoms with E-state index in [0.29, 0.717) is 25.7 Å². The fraction of sp³-hybridized carbons (Fsp3) is 0.936. The molecule has 3 saturated heterocycles. The number of aliphatic hydroxyl groups excluding tert-OH is 11. The Morgan fingerprint density at radius 3 is 1.83 bits per heavy atom. The molecule has 0 aromatic heterocycles. The fourth-order valence-corrected chi connectivity index (χ4v) is 15.0. The van der Waals surface area contributed by atoms with Gasteiger partial charge < -0.3 is 89.4 Å². The summed E-state index contributed by atoms with van der Waals surface area (Å²) in [5.41, 5.74) is -1.62. The van der Waals surface area contributed by atoms with Gasteiger partial charge >= 0.3 is 0 Å². The number of carbonyl (C=O) groups is 1. The number of hydrogen-bond acceptors (Lipinski definition) is 18. The summed E-state index contributed by atoms with van der Waals surface area (Å²) in [5.74, 6) is 0.0575. The molecule has 3 heterocycles. The van der Waals surface area contributed by atoms with Gasteiger partial charge in [0.2, 0.25) is 0 Å². The highest BCUT2D eigenvalue weighted by Crippen LogP contribution is 2.75. The molecule has 0 aromatic rings. The van der Waals surface area contributed by atoms with Crippen LogP contribution in [0.25, 0.3) is 0 Å². The molecule has 8 rings (SSSR count). The normalized spacial score (nSPS) is 55.1. The van der Waals surface area contributed by atoms with Crippen LogP contribution in [0.4, 0.5) is 0 Å². The van der Waals surface area contributed by atoms with Gasteiger partial charge in [0.25, 0.3) is 0 Å². The molecule has 0 spiro atoms. The molecule has 0 unspecified atom stereocenters. The van der Waals surface area contributed by atoms with Gasteiger partial charge in [-0.25, -0.2) is 0 Å². The molecule has 8 aliphatic rings. The second kappa shape index (κ2) is 17.5. The number of ether oxygens (including phenoxy) is 6. The van der Waals surface area contributed by atoms with E-state index in [1.807, 2.05) is 0 Å². The van der Waals surface area contributed by atoms with Crippen molar-refractivity contribution in [3.8, 4) is 0 Å². The average Bonchev–Trinajstić information content (AvgIpc) is 3.23. The van der Waals surface area contributed by atoms with Crippen molar-refractivity contribution >= 4 is 6.29 Å². The Morgan fingerprint density at radius 2 is 1.25 bits per heavy atom. The number of rotatable bonds is 9. The highest BCUT2D eigenvalue weighted by atomic mass is 16.8. The van der Waals surface area contributed by atoms with Gasteiger partial charge in [-0.05, 0) is 96.2 Å². The summed E-state index contributed by atoms with van der Waals surface area (Å²) in [5, 5.41) is 119. The second-order valence-corrected chi connectivity index (χ2v) is 23.1. The Balaban J connectivity index is 1.05. The van der Waals surface area contributed by atoms with Crippen LogP contribution in [0, 0.1) is 50.2 Å². The van der Waals surface area contributed by atoms with Crippen molar-refractivity contribution in [2.24, 2.45) is 50.2 Å². The first-order valence-corrected chi connectivity index (χ1v) is 23.8. The topological polar surface area (TPSA) is 295 Å². The minimum absolute atomic E-state index is 0.129. The smallest absolute Gasteiger partial charge is 0.187 e. The minimum atomic E-state index is -1.84. The Morgan fingerprint density at radius 1 is 0.662 bits per heavy atom. The summed E-state index contributed by atoms with van der Waals surface area (Å²) in [6.45, 7) is 13.8. The maximum absolute atomic E-state index is 13.0. The van der Waals surface area contributed by atoms with Crippen LogP contribution >= 0.6 is 0 Å². The lowest BCUT2D eigenvalue weighted by atomic mass is 9.33. The summed E-state index contributed by atoms with van der Waals surface area (Å²) in [7, 11) is 0. The van der Waals surface area contributed by atoms with E-state index in [2.05, 4.69) is 54.5 Å². The van der Waals surface area contributed by atoms with Crippen molar-refractivity contribution in [1.29, 1.82) is 0 Å². The summed E-state index contributed by atoms with van der Waals surface area (Å²) in [4.78, 5) is 13.0. The minimum Gasteiger partial charge on any atom is -0.394 e. The zero-order chi connectivity index (χ0) is 47.6. The van der Waals surface area contributed by atoms with E-state index in [-0.39, 0.29) is 40.6 Å². The van der Waals surface area contributed by atoms with Crippen LogP contribution in [-0.2, 0) is 33.2 Å². The Kier molecular flexibility index (Phi) is 13.5. The number of fused-ring (bicyclic) bond motifs is 7. The molecule has 4 saturated carbocycles. The third-order valence-electron chi connectivity index (χ3n) is 18.9. The van der Waals surface area contributed by atoms with Crippen LogP contribution in [0.15, 0.2) is 11.6 Å². The van der Waals surface area contributed by atoms with E-state index in [1.54, 1.807) is 0 Å². The van der Waals surface area contributed by atoms with Crippen molar-refractivity contribution in [3.63, 3.8) is 0 Å². The summed E-state index contributed by atoms with van der Waals surface area (Å²) in [6, 6.07) is 0. The average molecular weight is 929 g/mol. The van der Waals surface area contributed by atoms with Gasteiger partial charge in [-0.3, -0.25) is 0 Å². The van der Waals surface area contributed by atoms with Gasteiger partial charge in [-0.15, -0.1) is 0 Å². The maximum Gasteiger partial charge on any atom is 0.187 e. The lowest BCUT2D eigenvalue weighted by Gasteiger charge is -2.72. The van der Waals surface area contributed by atoms with Crippen LogP contribution in [0.3, 0.4) is 0 Å². The monoisotopic (exact) mass is 929 g/mol. The van der Waals surface area contributed by atoms with E-state index in [1.165, 1.54) is 5.57 Å². The first-order chi connectivity index (χ1) is 30.4. The molecule has 3 aliphatic heterocycles. The van der Waals surface area contributed by atoms with E-state index >= 15 is 0 Å². The predicted octanol–water partition coefficient (Wildman–Crippen LogP) is -0.599. The summed E-state index contributed by atoms with van der Waals surface area (Å²) in [6.07, 6.45) is -16.2. The molecule has 65 heavy (non-hydrogen) atoms. The first kappa shape index (κ1) is 50.1. The Labute approximate surface area is 380 Å². The van der Waals surface area contributed by atoms with Crippen molar-refractivity contribution < 1.29 is 89.4 Å². The highest BCUT2D eigenvalue weighted by Gasteiger charge is 2.71. The van der Waals surface area contributed by atoms with Gasteiger partial charge in [0.15, 0.2) is 18.9 Å². The largest absolute Gasteiger partial charge is 0.394 e. The highest BCUT2D eigenvalue weighted by molar-refractivity contribution is 5.66. The molecular weight excluding hydrogens is 852 g/mol. The van der Waals surface area contributed by atoms with Gasteiger partial charge in [-0.1, -0.05) is 60.1 Å². The maximum atomic E-state index is 13.0. The zero-order valence-electron chi connectivity index (χ0n) is 38.8. The molecule has 7 fully saturated rings.